The molecule has 1 N–H and O–H groups in total. The summed E-state index contributed by atoms with van der Waals surface area (Å²) in [6, 6.07) is 1.81. The van der Waals surface area contributed by atoms with Crippen LogP contribution in [-0.4, -0.2) is 40.0 Å². The maximum Gasteiger partial charge on any atom is 0.255 e. The SMILES string of the molecule is CN1CCC(O)c2c(ccn2CCCCCl)C1=O. The van der Waals surface area contributed by atoms with Crippen LogP contribution in [-0.2, 0) is 6.54 Å². The van der Waals surface area contributed by atoms with Gasteiger partial charge in [-0.3, -0.25) is 4.79 Å². The molecule has 0 fully saturated rings. The van der Waals surface area contributed by atoms with Crippen molar-refractivity contribution in [2.45, 2.75) is 31.9 Å². The van der Waals surface area contributed by atoms with Gasteiger partial charge in [0.15, 0.2) is 0 Å². The Labute approximate surface area is 112 Å². The molecule has 2 heterocycles. The minimum absolute atomic E-state index is 0.00218. The largest absolute Gasteiger partial charge is 0.387 e. The van der Waals surface area contributed by atoms with Crippen LogP contribution in [0.2, 0.25) is 0 Å². The van der Waals surface area contributed by atoms with Crippen molar-refractivity contribution in [2.24, 2.45) is 0 Å². The second-order valence-corrected chi connectivity index (χ2v) is 5.11. The monoisotopic (exact) mass is 270 g/mol. The molecule has 0 saturated heterocycles. The Morgan fingerprint density at radius 2 is 2.28 bits per heavy atom. The van der Waals surface area contributed by atoms with Crippen molar-refractivity contribution in [1.29, 1.82) is 0 Å². The normalized spacial score (nSPS) is 19.8. The number of hydrogen-bond acceptors (Lipinski definition) is 2. The molecule has 0 aliphatic carbocycles. The molecule has 1 atom stereocenters. The number of rotatable bonds is 4. The highest BCUT2D eigenvalue weighted by Crippen LogP contribution is 2.27. The molecule has 1 aromatic rings. The van der Waals surface area contributed by atoms with Crippen molar-refractivity contribution < 1.29 is 9.90 Å². The lowest BCUT2D eigenvalue weighted by atomic mass is 10.1. The predicted octanol–water partition coefficient (Wildman–Crippen LogP) is 2.02. The number of aromatic nitrogens is 1. The van der Waals surface area contributed by atoms with E-state index in [9.17, 15) is 9.90 Å². The molecule has 100 valence electrons. The van der Waals surface area contributed by atoms with Crippen LogP contribution in [0.3, 0.4) is 0 Å². The summed E-state index contributed by atoms with van der Waals surface area (Å²) in [6.07, 6.45) is 3.83. The summed E-state index contributed by atoms with van der Waals surface area (Å²) in [4.78, 5) is 13.8. The molecule has 1 unspecified atom stereocenters. The van der Waals surface area contributed by atoms with Gasteiger partial charge < -0.3 is 14.6 Å². The summed E-state index contributed by atoms with van der Waals surface area (Å²) in [5.74, 6) is 0.644. The summed E-state index contributed by atoms with van der Waals surface area (Å²) < 4.78 is 1.99. The first-order valence-corrected chi connectivity index (χ1v) is 6.87. The smallest absolute Gasteiger partial charge is 0.255 e. The van der Waals surface area contributed by atoms with E-state index >= 15 is 0 Å². The van der Waals surface area contributed by atoms with Gasteiger partial charge in [0.1, 0.15) is 0 Å². The van der Waals surface area contributed by atoms with Crippen molar-refractivity contribution in [3.8, 4) is 0 Å². The molecule has 0 saturated carbocycles. The van der Waals surface area contributed by atoms with Gasteiger partial charge in [-0.2, -0.15) is 0 Å². The number of carbonyl (C=O) groups excluding carboxylic acids is 1. The average Bonchev–Trinajstić information content (AvgIpc) is 2.74. The number of alkyl halides is 1. The minimum Gasteiger partial charge on any atom is -0.387 e. The number of hydrogen-bond donors (Lipinski definition) is 1. The first kappa shape index (κ1) is 13.4. The van der Waals surface area contributed by atoms with Crippen LogP contribution in [0.1, 0.15) is 41.4 Å². The van der Waals surface area contributed by atoms with E-state index in [-0.39, 0.29) is 5.91 Å². The van der Waals surface area contributed by atoms with Crippen LogP contribution >= 0.6 is 11.6 Å². The van der Waals surface area contributed by atoms with Gasteiger partial charge in [0.25, 0.3) is 5.91 Å². The van der Waals surface area contributed by atoms with Crippen molar-refractivity contribution in [3.05, 3.63) is 23.5 Å². The number of fused-ring (bicyclic) bond motifs is 1. The number of unbranched alkanes of at least 4 members (excludes halogenated alkanes) is 1. The highest BCUT2D eigenvalue weighted by atomic mass is 35.5. The molecule has 0 bridgehead atoms. The number of aliphatic hydroxyl groups is 1. The van der Waals surface area contributed by atoms with Crippen LogP contribution in [0.4, 0.5) is 0 Å². The first-order chi connectivity index (χ1) is 8.65. The van der Waals surface area contributed by atoms with E-state index < -0.39 is 6.10 Å². The van der Waals surface area contributed by atoms with E-state index in [0.717, 1.165) is 25.1 Å². The van der Waals surface area contributed by atoms with Crippen molar-refractivity contribution in [1.82, 2.24) is 9.47 Å². The van der Waals surface area contributed by atoms with Gasteiger partial charge in [-0.15, -0.1) is 11.6 Å². The highest BCUT2D eigenvalue weighted by molar-refractivity contribution is 6.17. The molecule has 1 amide bonds. The zero-order chi connectivity index (χ0) is 13.1. The summed E-state index contributed by atoms with van der Waals surface area (Å²) in [7, 11) is 1.77. The molecule has 2 rings (SSSR count). The Morgan fingerprint density at radius 3 is 3.00 bits per heavy atom. The Kier molecular flexibility index (Phi) is 4.30. The molecule has 0 radical (unpaired) electrons. The maximum absolute atomic E-state index is 12.1. The fraction of sp³-hybridized carbons (Fsp3) is 0.615. The molecule has 5 heteroatoms. The maximum atomic E-state index is 12.1. The standard InChI is InChI=1S/C13H19ClN2O2/c1-15-8-5-11(17)12-10(13(15)18)4-9-16(12)7-3-2-6-14/h4,9,11,17H,2-3,5-8H2,1H3. The second kappa shape index (κ2) is 5.76. The number of aryl methyl sites for hydroxylation is 1. The van der Waals surface area contributed by atoms with Gasteiger partial charge in [0, 0.05) is 32.2 Å². The van der Waals surface area contributed by atoms with E-state index in [1.54, 1.807) is 11.9 Å². The molecule has 1 aliphatic heterocycles. The van der Waals surface area contributed by atoms with E-state index in [4.69, 9.17) is 11.6 Å². The molecule has 1 aromatic heterocycles. The molecule has 0 spiro atoms. The summed E-state index contributed by atoms with van der Waals surface area (Å²) in [5, 5.41) is 10.2. The molecule has 18 heavy (non-hydrogen) atoms. The Morgan fingerprint density at radius 1 is 1.50 bits per heavy atom. The van der Waals surface area contributed by atoms with Crippen molar-refractivity contribution in [2.75, 3.05) is 19.5 Å². The average molecular weight is 271 g/mol. The fourth-order valence-electron chi connectivity index (χ4n) is 2.37. The van der Waals surface area contributed by atoms with Crippen LogP contribution < -0.4 is 0 Å². The Bertz CT molecular complexity index is 431. The van der Waals surface area contributed by atoms with E-state index in [2.05, 4.69) is 0 Å². The highest BCUT2D eigenvalue weighted by Gasteiger charge is 2.27. The number of aliphatic hydroxyl groups excluding tert-OH is 1. The van der Waals surface area contributed by atoms with Gasteiger partial charge in [-0.05, 0) is 25.3 Å². The zero-order valence-corrected chi connectivity index (χ0v) is 11.4. The van der Waals surface area contributed by atoms with Crippen LogP contribution in [0.25, 0.3) is 0 Å². The minimum atomic E-state index is -0.556. The van der Waals surface area contributed by atoms with Gasteiger partial charge in [0.05, 0.1) is 17.4 Å². The van der Waals surface area contributed by atoms with Gasteiger partial charge in [-0.1, -0.05) is 0 Å². The number of halogens is 1. The topological polar surface area (TPSA) is 45.5 Å². The molecule has 1 aliphatic rings. The molecule has 4 nitrogen and oxygen atoms in total. The Balaban J connectivity index is 2.25. The molecule has 0 aromatic carbocycles. The van der Waals surface area contributed by atoms with E-state index in [0.29, 0.717) is 24.4 Å². The summed E-state index contributed by atoms with van der Waals surface area (Å²) in [5.41, 5.74) is 1.40. The lowest BCUT2D eigenvalue weighted by molar-refractivity contribution is 0.0789. The van der Waals surface area contributed by atoms with Gasteiger partial charge >= 0.3 is 0 Å². The Hall–Kier alpha value is -1.00. The van der Waals surface area contributed by atoms with Crippen molar-refractivity contribution >= 4 is 17.5 Å². The van der Waals surface area contributed by atoms with E-state index in [1.165, 1.54) is 0 Å². The quantitative estimate of drug-likeness (QED) is 0.672. The van der Waals surface area contributed by atoms with Gasteiger partial charge in [0.2, 0.25) is 0 Å². The molecular formula is C13H19ClN2O2. The second-order valence-electron chi connectivity index (χ2n) is 4.74. The fourth-order valence-corrected chi connectivity index (χ4v) is 2.56. The number of nitrogens with zero attached hydrogens (tertiary/aromatic N) is 2. The number of amides is 1. The molecular weight excluding hydrogens is 252 g/mol. The summed E-state index contributed by atoms with van der Waals surface area (Å²) >= 11 is 5.66. The van der Waals surface area contributed by atoms with Gasteiger partial charge in [-0.25, -0.2) is 0 Å². The predicted molar refractivity (Wildman–Crippen MR) is 70.9 cm³/mol. The van der Waals surface area contributed by atoms with Crippen LogP contribution in [0.15, 0.2) is 12.3 Å². The lowest BCUT2D eigenvalue weighted by Gasteiger charge is -2.14. The third-order valence-corrected chi connectivity index (χ3v) is 3.69. The first-order valence-electron chi connectivity index (χ1n) is 6.33. The zero-order valence-electron chi connectivity index (χ0n) is 10.6. The van der Waals surface area contributed by atoms with E-state index in [1.807, 2.05) is 16.8 Å². The number of carbonyl (C=O) groups is 1. The summed E-state index contributed by atoms with van der Waals surface area (Å²) in [6.45, 7) is 1.40. The van der Waals surface area contributed by atoms with Crippen LogP contribution in [0, 0.1) is 0 Å². The van der Waals surface area contributed by atoms with Crippen LogP contribution in [0.5, 0.6) is 0 Å². The third kappa shape index (κ3) is 2.54. The third-order valence-electron chi connectivity index (χ3n) is 3.42. The lowest BCUT2D eigenvalue weighted by Crippen LogP contribution is -2.25. The van der Waals surface area contributed by atoms with Crippen molar-refractivity contribution in [3.63, 3.8) is 0 Å².